The largest absolute Gasteiger partial charge is 0.493 e. The molecular formula is C23H27F2N3O4. The number of ether oxygens (including phenoxy) is 2. The molecule has 0 saturated carbocycles. The summed E-state index contributed by atoms with van der Waals surface area (Å²) in [6, 6.07) is 12.1. The summed E-state index contributed by atoms with van der Waals surface area (Å²) < 4.78 is 37.9. The van der Waals surface area contributed by atoms with Crippen molar-refractivity contribution < 1.29 is 23.0 Å². The van der Waals surface area contributed by atoms with E-state index in [-0.39, 0.29) is 42.6 Å². The summed E-state index contributed by atoms with van der Waals surface area (Å²) >= 11 is 0. The first-order chi connectivity index (χ1) is 15.3. The van der Waals surface area contributed by atoms with Crippen LogP contribution in [0.1, 0.15) is 25.3 Å². The Bertz CT molecular complexity index is 1140. The van der Waals surface area contributed by atoms with Gasteiger partial charge in [-0.15, -0.1) is 0 Å². The summed E-state index contributed by atoms with van der Waals surface area (Å²) in [5, 5.41) is 0. The van der Waals surface area contributed by atoms with Gasteiger partial charge in [-0.2, -0.15) is 8.78 Å². The molecule has 7 nitrogen and oxygen atoms in total. The lowest BCUT2D eigenvalue weighted by Crippen LogP contribution is -2.30. The molecule has 3 aromatic rings. The van der Waals surface area contributed by atoms with Gasteiger partial charge in [-0.3, -0.25) is 13.9 Å². The minimum atomic E-state index is -2.95. The molecule has 172 valence electrons. The number of hydrogen-bond donors (Lipinski definition) is 0. The number of halogens is 2. The number of imidazole rings is 1. The van der Waals surface area contributed by atoms with Crippen LogP contribution in [0.25, 0.3) is 11.0 Å². The summed E-state index contributed by atoms with van der Waals surface area (Å²) in [5.41, 5.74) is 2.25. The third-order valence-electron chi connectivity index (χ3n) is 5.21. The van der Waals surface area contributed by atoms with Crippen LogP contribution in [0.5, 0.6) is 11.5 Å². The highest BCUT2D eigenvalue weighted by molar-refractivity contribution is 5.78. The number of rotatable bonds is 10. The minimum absolute atomic E-state index is 0.0666. The number of methoxy groups -OCH3 is 1. The maximum Gasteiger partial charge on any atom is 0.387 e. The van der Waals surface area contributed by atoms with Gasteiger partial charge in [0.15, 0.2) is 11.5 Å². The van der Waals surface area contributed by atoms with E-state index in [0.717, 1.165) is 17.5 Å². The van der Waals surface area contributed by atoms with E-state index in [1.54, 1.807) is 28.3 Å². The van der Waals surface area contributed by atoms with E-state index < -0.39 is 6.61 Å². The maximum atomic E-state index is 12.9. The van der Waals surface area contributed by atoms with Crippen LogP contribution in [0.4, 0.5) is 8.78 Å². The van der Waals surface area contributed by atoms with Crippen molar-refractivity contribution in [1.29, 1.82) is 0 Å². The van der Waals surface area contributed by atoms with Gasteiger partial charge in [0.1, 0.15) is 0 Å². The molecule has 0 saturated heterocycles. The zero-order valence-corrected chi connectivity index (χ0v) is 18.4. The van der Waals surface area contributed by atoms with E-state index in [1.165, 1.54) is 18.1 Å². The zero-order chi connectivity index (χ0) is 23.3. The third kappa shape index (κ3) is 5.09. The number of carbonyl (C=O) groups excluding carboxylic acids is 1. The average Bonchev–Trinajstić information content (AvgIpc) is 3.04. The van der Waals surface area contributed by atoms with Gasteiger partial charge in [0, 0.05) is 33.1 Å². The van der Waals surface area contributed by atoms with Gasteiger partial charge in [0.2, 0.25) is 5.91 Å². The molecule has 0 aliphatic carbocycles. The van der Waals surface area contributed by atoms with Gasteiger partial charge >= 0.3 is 12.3 Å². The van der Waals surface area contributed by atoms with E-state index in [9.17, 15) is 18.4 Å². The number of para-hydroxylation sites is 2. The van der Waals surface area contributed by atoms with Crippen LogP contribution < -0.4 is 15.2 Å². The number of fused-ring (bicyclic) bond motifs is 1. The molecule has 3 rings (SSSR count). The van der Waals surface area contributed by atoms with Gasteiger partial charge in [-0.1, -0.05) is 25.1 Å². The standard InChI is InChI=1S/C23H27F2N3O4/c1-4-12-27-17-7-5-6-8-18(17)28(23(27)30)13-11-21(29)26(2)15-16-9-10-19(32-22(24)25)20(14-16)31-3/h5-10,14,22H,4,11-13,15H2,1-3H3. The van der Waals surface area contributed by atoms with Crippen molar-refractivity contribution in [2.45, 2.75) is 46.0 Å². The van der Waals surface area contributed by atoms with E-state index in [0.29, 0.717) is 12.1 Å². The summed E-state index contributed by atoms with van der Waals surface area (Å²) in [5.74, 6) is -0.0434. The predicted molar refractivity (Wildman–Crippen MR) is 117 cm³/mol. The number of hydrogen-bond acceptors (Lipinski definition) is 4. The van der Waals surface area contributed by atoms with Gasteiger partial charge in [-0.25, -0.2) is 4.79 Å². The smallest absolute Gasteiger partial charge is 0.387 e. The Kier molecular flexibility index (Phi) is 7.50. The second-order valence-electron chi connectivity index (χ2n) is 7.44. The lowest BCUT2D eigenvalue weighted by molar-refractivity contribution is -0.130. The van der Waals surface area contributed by atoms with Crippen LogP contribution >= 0.6 is 0 Å². The van der Waals surface area contributed by atoms with E-state index in [2.05, 4.69) is 4.74 Å². The van der Waals surface area contributed by atoms with Gasteiger partial charge in [-0.05, 0) is 36.2 Å². The lowest BCUT2D eigenvalue weighted by Gasteiger charge is -2.18. The van der Waals surface area contributed by atoms with Gasteiger partial charge < -0.3 is 14.4 Å². The quantitative estimate of drug-likeness (QED) is 0.473. The van der Waals surface area contributed by atoms with Crippen molar-refractivity contribution in [3.05, 3.63) is 58.5 Å². The SMILES string of the molecule is CCCn1c(=O)n(CCC(=O)N(C)Cc2ccc(OC(F)F)c(OC)c2)c2ccccc21. The van der Waals surface area contributed by atoms with Crippen LogP contribution in [0.2, 0.25) is 0 Å². The Morgan fingerprint density at radius 3 is 2.31 bits per heavy atom. The summed E-state index contributed by atoms with van der Waals surface area (Å²) in [4.78, 5) is 27.1. The van der Waals surface area contributed by atoms with E-state index in [4.69, 9.17) is 4.74 Å². The van der Waals surface area contributed by atoms with Crippen molar-refractivity contribution in [3.63, 3.8) is 0 Å². The Labute approximate surface area is 184 Å². The molecule has 9 heteroatoms. The summed E-state index contributed by atoms with van der Waals surface area (Å²) in [7, 11) is 3.01. The number of carbonyl (C=O) groups is 1. The van der Waals surface area contributed by atoms with Crippen molar-refractivity contribution in [1.82, 2.24) is 14.0 Å². The fourth-order valence-electron chi connectivity index (χ4n) is 3.69. The monoisotopic (exact) mass is 447 g/mol. The molecule has 0 bridgehead atoms. The molecule has 0 N–H and O–H groups in total. The van der Waals surface area contributed by atoms with E-state index in [1.807, 2.05) is 31.2 Å². The first-order valence-electron chi connectivity index (χ1n) is 10.4. The average molecular weight is 447 g/mol. The first-order valence-corrected chi connectivity index (χ1v) is 10.4. The second-order valence-corrected chi connectivity index (χ2v) is 7.44. The number of aromatic nitrogens is 2. The fourth-order valence-corrected chi connectivity index (χ4v) is 3.69. The third-order valence-corrected chi connectivity index (χ3v) is 5.21. The molecule has 0 spiro atoms. The topological polar surface area (TPSA) is 65.7 Å². The fraction of sp³-hybridized carbons (Fsp3) is 0.391. The minimum Gasteiger partial charge on any atom is -0.493 e. The Morgan fingerprint density at radius 2 is 1.72 bits per heavy atom. The predicted octanol–water partition coefficient (Wildman–Crippen LogP) is 3.87. The molecule has 0 atom stereocenters. The van der Waals surface area contributed by atoms with Crippen molar-refractivity contribution >= 4 is 16.9 Å². The van der Waals surface area contributed by atoms with Crippen LogP contribution in [-0.2, 0) is 24.4 Å². The van der Waals surface area contributed by atoms with Gasteiger partial charge in [0.25, 0.3) is 0 Å². The normalized spacial score (nSPS) is 11.2. The molecule has 1 aromatic heterocycles. The van der Waals surface area contributed by atoms with Crippen LogP contribution in [-0.4, -0.2) is 40.7 Å². The van der Waals surface area contributed by atoms with Crippen LogP contribution in [0, 0.1) is 0 Å². The van der Waals surface area contributed by atoms with E-state index >= 15 is 0 Å². The molecule has 0 aliphatic rings. The summed E-state index contributed by atoms with van der Waals surface area (Å²) in [6.45, 7) is 0.206. The molecule has 0 aliphatic heterocycles. The van der Waals surface area contributed by atoms with Crippen molar-refractivity contribution in [2.75, 3.05) is 14.2 Å². The molecule has 0 fully saturated rings. The first kappa shape index (κ1) is 23.3. The summed E-state index contributed by atoms with van der Waals surface area (Å²) in [6.07, 6.45) is 0.987. The molecule has 0 radical (unpaired) electrons. The van der Waals surface area contributed by atoms with Gasteiger partial charge in [0.05, 0.1) is 18.1 Å². The molecule has 2 aromatic carbocycles. The van der Waals surface area contributed by atoms with Crippen molar-refractivity contribution in [3.8, 4) is 11.5 Å². The lowest BCUT2D eigenvalue weighted by atomic mass is 10.2. The zero-order valence-electron chi connectivity index (χ0n) is 18.4. The Hall–Kier alpha value is -3.36. The van der Waals surface area contributed by atoms with Crippen LogP contribution in [0.3, 0.4) is 0 Å². The highest BCUT2D eigenvalue weighted by Crippen LogP contribution is 2.29. The highest BCUT2D eigenvalue weighted by Gasteiger charge is 2.16. The molecule has 32 heavy (non-hydrogen) atoms. The second kappa shape index (κ2) is 10.3. The molecular weight excluding hydrogens is 420 g/mol. The Balaban J connectivity index is 1.70. The maximum absolute atomic E-state index is 12.9. The van der Waals surface area contributed by atoms with Crippen molar-refractivity contribution in [2.24, 2.45) is 0 Å². The number of amides is 1. The molecule has 0 unspecified atom stereocenters. The number of aryl methyl sites for hydroxylation is 2. The Morgan fingerprint density at radius 1 is 1.06 bits per heavy atom. The molecule has 1 heterocycles. The number of nitrogens with zero attached hydrogens (tertiary/aromatic N) is 3. The number of benzene rings is 2. The number of alkyl halides is 2. The highest BCUT2D eigenvalue weighted by atomic mass is 19.3. The molecule has 1 amide bonds. The van der Waals surface area contributed by atoms with Crippen LogP contribution in [0.15, 0.2) is 47.3 Å².